The highest BCUT2D eigenvalue weighted by Crippen LogP contribution is 2.23. The van der Waals surface area contributed by atoms with Gasteiger partial charge in [-0.3, -0.25) is 4.90 Å². The van der Waals surface area contributed by atoms with Crippen molar-refractivity contribution < 1.29 is 0 Å². The van der Waals surface area contributed by atoms with E-state index in [0.717, 1.165) is 44.8 Å². The zero-order chi connectivity index (χ0) is 19.1. The van der Waals surface area contributed by atoms with Gasteiger partial charge in [0.05, 0.1) is 11.6 Å². The van der Waals surface area contributed by atoms with Crippen molar-refractivity contribution in [2.24, 2.45) is 0 Å². The molecule has 3 rings (SSSR count). The first kappa shape index (κ1) is 19.3. The van der Waals surface area contributed by atoms with E-state index in [1.807, 2.05) is 24.3 Å². The number of rotatable bonds is 7. The molecule has 0 unspecified atom stereocenters. The van der Waals surface area contributed by atoms with Crippen LogP contribution in [0.2, 0.25) is 0 Å². The van der Waals surface area contributed by atoms with Crippen LogP contribution in [0, 0.1) is 25.2 Å². The number of piperazine rings is 1. The van der Waals surface area contributed by atoms with E-state index in [1.54, 1.807) is 0 Å². The Morgan fingerprint density at radius 3 is 2.56 bits per heavy atom. The summed E-state index contributed by atoms with van der Waals surface area (Å²) < 4.78 is 0. The molecule has 1 N–H and O–H groups in total. The van der Waals surface area contributed by atoms with Crippen LogP contribution < -0.4 is 10.2 Å². The van der Waals surface area contributed by atoms with Crippen LogP contribution in [0.4, 0.5) is 11.4 Å². The number of nitrogens with zero attached hydrogens (tertiary/aromatic N) is 3. The van der Waals surface area contributed by atoms with Crippen LogP contribution in [0.5, 0.6) is 0 Å². The van der Waals surface area contributed by atoms with E-state index in [-0.39, 0.29) is 0 Å². The van der Waals surface area contributed by atoms with E-state index >= 15 is 0 Å². The van der Waals surface area contributed by atoms with Crippen LogP contribution in [-0.2, 0) is 0 Å². The highest BCUT2D eigenvalue weighted by Gasteiger charge is 2.18. The van der Waals surface area contributed by atoms with Crippen LogP contribution in [0.1, 0.15) is 29.5 Å². The summed E-state index contributed by atoms with van der Waals surface area (Å²) in [4.78, 5) is 5.11. The van der Waals surface area contributed by atoms with Gasteiger partial charge in [-0.05, 0) is 68.6 Å². The van der Waals surface area contributed by atoms with Crippen molar-refractivity contribution in [1.29, 1.82) is 5.26 Å². The molecule has 1 aliphatic heterocycles. The average molecular weight is 363 g/mol. The van der Waals surface area contributed by atoms with Gasteiger partial charge in [0.25, 0.3) is 0 Å². The zero-order valence-electron chi connectivity index (χ0n) is 16.5. The normalized spacial score (nSPS) is 14.8. The van der Waals surface area contributed by atoms with E-state index in [1.165, 1.54) is 29.8 Å². The maximum Gasteiger partial charge on any atom is 0.0992 e. The van der Waals surface area contributed by atoms with Crippen molar-refractivity contribution in [3.05, 3.63) is 59.2 Å². The van der Waals surface area contributed by atoms with Gasteiger partial charge in [0, 0.05) is 44.1 Å². The third-order valence-electron chi connectivity index (χ3n) is 5.51. The number of hydrogen-bond donors (Lipinski definition) is 1. The molecule has 0 saturated carbocycles. The van der Waals surface area contributed by atoms with Crippen LogP contribution >= 0.6 is 0 Å². The summed E-state index contributed by atoms with van der Waals surface area (Å²) in [5.41, 5.74) is 5.94. The number of anilines is 2. The topological polar surface area (TPSA) is 42.3 Å². The summed E-state index contributed by atoms with van der Waals surface area (Å²) in [5.74, 6) is 0. The molecule has 4 heteroatoms. The SMILES string of the molecule is Cc1cccc(N2CCN(CCCCNc3cccc(C#N)c3)CC2)c1C. The monoisotopic (exact) mass is 362 g/mol. The Bertz CT molecular complexity index is 785. The van der Waals surface area contributed by atoms with Gasteiger partial charge in [-0.2, -0.15) is 5.26 Å². The molecule has 0 radical (unpaired) electrons. The van der Waals surface area contributed by atoms with Crippen molar-refractivity contribution in [2.45, 2.75) is 26.7 Å². The molecule has 1 fully saturated rings. The number of benzene rings is 2. The van der Waals surface area contributed by atoms with Gasteiger partial charge in [0.1, 0.15) is 0 Å². The molecule has 1 heterocycles. The molecule has 4 nitrogen and oxygen atoms in total. The van der Waals surface area contributed by atoms with Crippen LogP contribution in [0.3, 0.4) is 0 Å². The predicted octanol–water partition coefficient (Wildman–Crippen LogP) is 4.19. The maximum absolute atomic E-state index is 8.95. The first-order chi connectivity index (χ1) is 13.2. The van der Waals surface area contributed by atoms with E-state index in [9.17, 15) is 0 Å². The first-order valence-corrected chi connectivity index (χ1v) is 9.95. The number of aryl methyl sites for hydroxylation is 1. The molecule has 0 spiro atoms. The van der Waals surface area contributed by atoms with E-state index in [0.29, 0.717) is 5.56 Å². The van der Waals surface area contributed by atoms with Crippen molar-refractivity contribution in [3.8, 4) is 6.07 Å². The number of nitriles is 1. The predicted molar refractivity (Wildman–Crippen MR) is 113 cm³/mol. The fourth-order valence-corrected chi connectivity index (χ4v) is 3.68. The second-order valence-corrected chi connectivity index (χ2v) is 7.37. The highest BCUT2D eigenvalue weighted by atomic mass is 15.3. The summed E-state index contributed by atoms with van der Waals surface area (Å²) >= 11 is 0. The van der Waals surface area contributed by atoms with Gasteiger partial charge in [0.2, 0.25) is 0 Å². The molecular weight excluding hydrogens is 332 g/mol. The fourth-order valence-electron chi connectivity index (χ4n) is 3.68. The number of hydrogen-bond acceptors (Lipinski definition) is 4. The Hall–Kier alpha value is -2.51. The van der Waals surface area contributed by atoms with Gasteiger partial charge >= 0.3 is 0 Å². The van der Waals surface area contributed by atoms with E-state index in [4.69, 9.17) is 5.26 Å². The van der Waals surface area contributed by atoms with Crippen LogP contribution in [-0.4, -0.2) is 44.2 Å². The Kier molecular flexibility index (Phi) is 6.73. The summed E-state index contributed by atoms with van der Waals surface area (Å²) in [6.45, 7) is 11.1. The lowest BCUT2D eigenvalue weighted by Gasteiger charge is -2.37. The smallest absolute Gasteiger partial charge is 0.0992 e. The lowest BCUT2D eigenvalue weighted by molar-refractivity contribution is 0.253. The summed E-state index contributed by atoms with van der Waals surface area (Å²) in [6.07, 6.45) is 2.35. The standard InChI is InChI=1S/C23H30N4/c1-19-7-5-10-23(20(19)2)27-15-13-26(14-16-27)12-4-3-11-25-22-9-6-8-21(17-22)18-24/h5-10,17,25H,3-4,11-16H2,1-2H3. The van der Waals surface area contributed by atoms with Crippen LogP contribution in [0.15, 0.2) is 42.5 Å². The average Bonchev–Trinajstić information content (AvgIpc) is 2.70. The third kappa shape index (κ3) is 5.24. The molecule has 0 aliphatic carbocycles. The quantitative estimate of drug-likeness (QED) is 0.750. The Balaban J connectivity index is 1.35. The molecular formula is C23H30N4. The minimum Gasteiger partial charge on any atom is -0.385 e. The minimum atomic E-state index is 0.710. The molecule has 27 heavy (non-hydrogen) atoms. The van der Waals surface area contributed by atoms with Crippen molar-refractivity contribution >= 4 is 11.4 Å². The lowest BCUT2D eigenvalue weighted by Crippen LogP contribution is -2.46. The molecule has 1 saturated heterocycles. The molecule has 0 bridgehead atoms. The Morgan fingerprint density at radius 1 is 1.00 bits per heavy atom. The number of unbranched alkanes of at least 4 members (excludes halogenated alkanes) is 1. The van der Waals surface area contributed by atoms with Gasteiger partial charge in [-0.1, -0.05) is 18.2 Å². The molecule has 2 aromatic carbocycles. The summed E-state index contributed by atoms with van der Waals surface area (Å²) in [5, 5.41) is 12.4. The summed E-state index contributed by atoms with van der Waals surface area (Å²) in [7, 11) is 0. The largest absolute Gasteiger partial charge is 0.385 e. The molecule has 142 valence electrons. The van der Waals surface area contributed by atoms with E-state index in [2.05, 4.69) is 53.2 Å². The Morgan fingerprint density at radius 2 is 1.78 bits per heavy atom. The molecule has 0 amide bonds. The van der Waals surface area contributed by atoms with Crippen molar-refractivity contribution in [2.75, 3.05) is 49.5 Å². The highest BCUT2D eigenvalue weighted by molar-refractivity contribution is 5.56. The van der Waals surface area contributed by atoms with E-state index < -0.39 is 0 Å². The fraction of sp³-hybridized carbons (Fsp3) is 0.435. The maximum atomic E-state index is 8.95. The third-order valence-corrected chi connectivity index (χ3v) is 5.51. The minimum absolute atomic E-state index is 0.710. The van der Waals surface area contributed by atoms with Gasteiger partial charge in [0.15, 0.2) is 0 Å². The second-order valence-electron chi connectivity index (χ2n) is 7.37. The Labute approximate surface area is 163 Å². The van der Waals surface area contributed by atoms with Gasteiger partial charge < -0.3 is 10.2 Å². The molecule has 0 aromatic heterocycles. The lowest BCUT2D eigenvalue weighted by atomic mass is 10.1. The second kappa shape index (κ2) is 9.43. The van der Waals surface area contributed by atoms with Crippen molar-refractivity contribution in [3.63, 3.8) is 0 Å². The molecule has 0 atom stereocenters. The summed E-state index contributed by atoms with van der Waals surface area (Å²) in [6, 6.07) is 16.5. The van der Waals surface area contributed by atoms with Crippen LogP contribution in [0.25, 0.3) is 0 Å². The number of nitrogens with one attached hydrogen (secondary N) is 1. The zero-order valence-corrected chi connectivity index (χ0v) is 16.5. The van der Waals surface area contributed by atoms with Gasteiger partial charge in [-0.25, -0.2) is 0 Å². The van der Waals surface area contributed by atoms with Crippen molar-refractivity contribution in [1.82, 2.24) is 4.90 Å². The van der Waals surface area contributed by atoms with Gasteiger partial charge in [-0.15, -0.1) is 0 Å². The molecule has 1 aliphatic rings. The molecule has 2 aromatic rings. The first-order valence-electron chi connectivity index (χ1n) is 9.95.